The molecule has 1 aliphatic rings. The number of esters is 1. The normalized spacial score (nSPS) is 14.8. The van der Waals surface area contributed by atoms with Gasteiger partial charge in [0.05, 0.1) is 43.7 Å². The predicted molar refractivity (Wildman–Crippen MR) is 135 cm³/mol. The Kier molecular flexibility index (Phi) is 6.84. The first kappa shape index (κ1) is 24.1. The van der Waals surface area contributed by atoms with Crippen molar-refractivity contribution >= 4 is 64.2 Å². The van der Waals surface area contributed by atoms with E-state index in [1.807, 2.05) is 0 Å². The molecule has 1 aliphatic heterocycles. The maximum absolute atomic E-state index is 13.0. The molecule has 0 unspecified atom stereocenters. The number of rotatable bonds is 5. The second-order valence-corrected chi connectivity index (χ2v) is 9.03. The van der Waals surface area contributed by atoms with E-state index in [9.17, 15) is 9.59 Å². The molecule has 0 aliphatic carbocycles. The third kappa shape index (κ3) is 4.89. The van der Waals surface area contributed by atoms with Crippen LogP contribution in [0.25, 0.3) is 17.4 Å². The molecule has 1 aromatic heterocycles. The first-order valence-corrected chi connectivity index (χ1v) is 11.4. The van der Waals surface area contributed by atoms with Gasteiger partial charge in [-0.3, -0.25) is 4.79 Å². The Morgan fingerprint density at radius 2 is 1.76 bits per heavy atom. The van der Waals surface area contributed by atoms with E-state index in [1.54, 1.807) is 75.4 Å². The zero-order valence-electron chi connectivity index (χ0n) is 18.4. The summed E-state index contributed by atoms with van der Waals surface area (Å²) in [6.07, 6.45) is 1.35. The van der Waals surface area contributed by atoms with Crippen molar-refractivity contribution in [1.82, 2.24) is 0 Å². The van der Waals surface area contributed by atoms with Crippen LogP contribution < -0.4 is 5.01 Å². The third-order valence-electron chi connectivity index (χ3n) is 4.94. The van der Waals surface area contributed by atoms with Crippen LogP contribution in [0.3, 0.4) is 0 Å². The molecule has 0 atom stereocenters. The topological polar surface area (TPSA) is 72.1 Å². The fraction of sp³-hybridized carbons (Fsp3) is 0.160. The molecule has 0 bridgehead atoms. The molecule has 174 valence electrons. The molecule has 9 heteroatoms. The van der Waals surface area contributed by atoms with Gasteiger partial charge in [0, 0.05) is 5.56 Å². The average molecular weight is 518 g/mol. The summed E-state index contributed by atoms with van der Waals surface area (Å²) in [5.41, 5.74) is 2.30. The first-order valence-electron chi connectivity index (χ1n) is 10.3. The number of benzene rings is 2. The molecular formula is C25H19Cl3N2O4. The van der Waals surface area contributed by atoms with Gasteiger partial charge in [-0.2, -0.15) is 10.1 Å². The van der Waals surface area contributed by atoms with E-state index in [0.29, 0.717) is 44.1 Å². The Morgan fingerprint density at radius 3 is 2.47 bits per heavy atom. The molecule has 34 heavy (non-hydrogen) atoms. The van der Waals surface area contributed by atoms with Crippen molar-refractivity contribution in [2.24, 2.45) is 5.10 Å². The maximum atomic E-state index is 13.0. The van der Waals surface area contributed by atoms with Crippen LogP contribution >= 0.6 is 34.8 Å². The van der Waals surface area contributed by atoms with Crippen molar-refractivity contribution in [1.29, 1.82) is 0 Å². The lowest BCUT2D eigenvalue weighted by Crippen LogP contribution is -2.21. The number of halogens is 3. The fourth-order valence-corrected chi connectivity index (χ4v) is 3.80. The van der Waals surface area contributed by atoms with Crippen LogP contribution in [0.1, 0.15) is 36.9 Å². The van der Waals surface area contributed by atoms with Crippen molar-refractivity contribution in [2.45, 2.75) is 26.9 Å². The molecule has 0 saturated heterocycles. The molecule has 0 N–H and O–H groups in total. The molecule has 1 amide bonds. The maximum Gasteiger partial charge on any atom is 0.339 e. The van der Waals surface area contributed by atoms with Crippen LogP contribution in [0.5, 0.6) is 0 Å². The Balaban J connectivity index is 1.60. The van der Waals surface area contributed by atoms with Gasteiger partial charge < -0.3 is 9.15 Å². The van der Waals surface area contributed by atoms with Gasteiger partial charge in [-0.05, 0) is 75.4 Å². The number of carbonyl (C=O) groups excluding carboxylic acids is 2. The number of hydrogen-bond donors (Lipinski definition) is 0. The van der Waals surface area contributed by atoms with Crippen molar-refractivity contribution < 1.29 is 18.7 Å². The smallest absolute Gasteiger partial charge is 0.339 e. The quantitative estimate of drug-likeness (QED) is 0.263. The number of hydrazone groups is 1. The number of hydrogen-bond acceptors (Lipinski definition) is 5. The average Bonchev–Trinajstić information content (AvgIpc) is 3.36. The Labute approximate surface area is 211 Å². The van der Waals surface area contributed by atoms with Crippen molar-refractivity contribution in [3.05, 3.63) is 80.5 Å². The fourth-order valence-electron chi connectivity index (χ4n) is 3.32. The van der Waals surface area contributed by atoms with Crippen LogP contribution in [-0.2, 0) is 9.53 Å². The number of ether oxygens (including phenoxy) is 1. The minimum absolute atomic E-state index is 0.246. The minimum Gasteiger partial charge on any atom is -0.459 e. The van der Waals surface area contributed by atoms with Gasteiger partial charge in [0.1, 0.15) is 11.5 Å². The van der Waals surface area contributed by atoms with Crippen molar-refractivity contribution in [3.63, 3.8) is 0 Å². The van der Waals surface area contributed by atoms with Crippen LogP contribution in [0.15, 0.2) is 63.6 Å². The van der Waals surface area contributed by atoms with Gasteiger partial charge in [-0.15, -0.1) is 0 Å². The second kappa shape index (κ2) is 9.66. The SMILES string of the molecule is CC1=NN(c2ccc(Cl)c(Cl)c2)C(=O)/C1=C\c1ccc(-c2ccc(Cl)c(C(=O)OC(C)C)c2)o1. The molecular weight excluding hydrogens is 499 g/mol. The van der Waals surface area contributed by atoms with Gasteiger partial charge in [-0.25, -0.2) is 4.79 Å². The summed E-state index contributed by atoms with van der Waals surface area (Å²) in [7, 11) is 0. The standard InChI is InChI=1S/C25H19Cl3N2O4/c1-13(2)33-25(32)19-10-15(4-7-20(19)26)23-9-6-17(34-23)12-18-14(3)29-30(24(18)31)16-5-8-21(27)22(28)11-16/h4-13H,1-3H3/b18-12-. The second-order valence-electron chi connectivity index (χ2n) is 7.81. The summed E-state index contributed by atoms with van der Waals surface area (Å²) in [6, 6.07) is 13.3. The predicted octanol–water partition coefficient (Wildman–Crippen LogP) is 7.28. The van der Waals surface area contributed by atoms with Gasteiger partial charge in [0.25, 0.3) is 5.91 Å². The van der Waals surface area contributed by atoms with Gasteiger partial charge in [-0.1, -0.05) is 34.8 Å². The summed E-state index contributed by atoms with van der Waals surface area (Å²) >= 11 is 18.2. The number of carbonyl (C=O) groups is 2. The lowest BCUT2D eigenvalue weighted by molar-refractivity contribution is -0.114. The Morgan fingerprint density at radius 1 is 1.03 bits per heavy atom. The van der Waals surface area contributed by atoms with Gasteiger partial charge >= 0.3 is 5.97 Å². The number of furan rings is 1. The van der Waals surface area contributed by atoms with E-state index in [-0.39, 0.29) is 22.6 Å². The summed E-state index contributed by atoms with van der Waals surface area (Å²) in [4.78, 5) is 25.3. The minimum atomic E-state index is -0.512. The van der Waals surface area contributed by atoms with E-state index in [0.717, 1.165) is 0 Å². The highest BCUT2D eigenvalue weighted by molar-refractivity contribution is 6.42. The van der Waals surface area contributed by atoms with Gasteiger partial charge in [0.2, 0.25) is 0 Å². The van der Waals surface area contributed by atoms with Crippen LogP contribution in [0, 0.1) is 0 Å². The number of anilines is 1. The summed E-state index contributed by atoms with van der Waals surface area (Å²) in [6.45, 7) is 5.26. The van der Waals surface area contributed by atoms with Gasteiger partial charge in [0.15, 0.2) is 0 Å². The summed E-state index contributed by atoms with van der Waals surface area (Å²) in [5, 5.41) is 6.60. The van der Waals surface area contributed by atoms with E-state index in [2.05, 4.69) is 5.10 Å². The molecule has 6 nitrogen and oxygen atoms in total. The highest BCUT2D eigenvalue weighted by atomic mass is 35.5. The zero-order valence-corrected chi connectivity index (χ0v) is 20.7. The Bertz CT molecular complexity index is 1360. The van der Waals surface area contributed by atoms with Crippen LogP contribution in [-0.4, -0.2) is 23.7 Å². The molecule has 0 spiro atoms. The lowest BCUT2D eigenvalue weighted by atomic mass is 10.1. The molecule has 2 heterocycles. The molecule has 0 radical (unpaired) electrons. The monoisotopic (exact) mass is 516 g/mol. The molecule has 3 aromatic rings. The molecule has 0 fully saturated rings. The first-order chi connectivity index (χ1) is 16.1. The highest BCUT2D eigenvalue weighted by Gasteiger charge is 2.29. The van der Waals surface area contributed by atoms with E-state index in [4.69, 9.17) is 44.0 Å². The zero-order chi connectivity index (χ0) is 24.6. The summed E-state index contributed by atoms with van der Waals surface area (Å²) < 4.78 is 11.2. The Hall–Kier alpha value is -3.06. The molecule has 0 saturated carbocycles. The van der Waals surface area contributed by atoms with Crippen LogP contribution in [0.2, 0.25) is 15.1 Å². The van der Waals surface area contributed by atoms with Crippen molar-refractivity contribution in [3.8, 4) is 11.3 Å². The number of nitrogens with zero attached hydrogens (tertiary/aromatic N) is 2. The highest BCUT2D eigenvalue weighted by Crippen LogP contribution is 2.32. The largest absolute Gasteiger partial charge is 0.459 e. The molecule has 4 rings (SSSR count). The third-order valence-corrected chi connectivity index (χ3v) is 6.01. The number of amides is 1. The van der Waals surface area contributed by atoms with E-state index < -0.39 is 5.97 Å². The van der Waals surface area contributed by atoms with Crippen LogP contribution in [0.4, 0.5) is 5.69 Å². The summed E-state index contributed by atoms with van der Waals surface area (Å²) in [5.74, 6) is 0.120. The van der Waals surface area contributed by atoms with Crippen molar-refractivity contribution in [2.75, 3.05) is 5.01 Å². The van der Waals surface area contributed by atoms with E-state index >= 15 is 0 Å². The van der Waals surface area contributed by atoms with E-state index in [1.165, 1.54) is 5.01 Å². The lowest BCUT2D eigenvalue weighted by Gasteiger charge is -2.12. The molecule has 2 aromatic carbocycles.